The Morgan fingerprint density at radius 1 is 0.972 bits per heavy atom. The van der Waals surface area contributed by atoms with Gasteiger partial charge in [-0.3, -0.25) is 0 Å². The number of ether oxygens (including phenoxy) is 2. The molecule has 9 heteroatoms. The Hall–Kier alpha value is -3.81. The SMILES string of the molecule is CC1=C(C(=O)OCc2ccccc2)C(c2ccc(OCc3ccc(Cl)c(Cl)c3)cc2)n2ncnc2N1. The third-order valence-corrected chi connectivity index (χ3v) is 6.55. The molecule has 0 bridgehead atoms. The topological polar surface area (TPSA) is 78.3 Å². The number of carbonyl (C=O) groups excluding carboxylic acids is 1. The Morgan fingerprint density at radius 2 is 1.75 bits per heavy atom. The number of allylic oxidation sites excluding steroid dienone is 1. The fraction of sp³-hybridized carbons (Fsp3) is 0.148. The van der Waals surface area contributed by atoms with E-state index in [1.54, 1.807) is 16.8 Å². The maximum atomic E-state index is 13.2. The van der Waals surface area contributed by atoms with Crippen LogP contribution < -0.4 is 10.1 Å². The number of esters is 1. The van der Waals surface area contributed by atoms with Crippen molar-refractivity contribution in [1.82, 2.24) is 14.8 Å². The number of carbonyl (C=O) groups is 1. The lowest BCUT2D eigenvalue weighted by atomic mass is 9.95. The summed E-state index contributed by atoms with van der Waals surface area (Å²) in [7, 11) is 0. The molecule has 1 atom stereocenters. The molecule has 0 spiro atoms. The third kappa shape index (κ3) is 5.08. The minimum absolute atomic E-state index is 0.175. The molecule has 36 heavy (non-hydrogen) atoms. The molecule has 0 saturated carbocycles. The first-order valence-corrected chi connectivity index (χ1v) is 12.0. The van der Waals surface area contributed by atoms with Gasteiger partial charge in [0.25, 0.3) is 0 Å². The van der Waals surface area contributed by atoms with Crippen molar-refractivity contribution in [1.29, 1.82) is 0 Å². The van der Waals surface area contributed by atoms with Gasteiger partial charge in [0.1, 0.15) is 31.3 Å². The number of nitrogens with zero attached hydrogens (tertiary/aromatic N) is 3. The molecule has 1 N–H and O–H groups in total. The number of hydrogen-bond donors (Lipinski definition) is 1. The van der Waals surface area contributed by atoms with Gasteiger partial charge in [0.2, 0.25) is 5.95 Å². The minimum Gasteiger partial charge on any atom is -0.489 e. The summed E-state index contributed by atoms with van der Waals surface area (Å²) in [6, 6.07) is 22.0. The first-order chi connectivity index (χ1) is 17.5. The Morgan fingerprint density at radius 3 is 2.50 bits per heavy atom. The molecule has 0 radical (unpaired) electrons. The Kier molecular flexibility index (Phi) is 6.93. The lowest BCUT2D eigenvalue weighted by molar-refractivity contribution is -0.140. The molecule has 4 aromatic rings. The summed E-state index contributed by atoms with van der Waals surface area (Å²) in [6.45, 7) is 2.35. The number of rotatable bonds is 7. The van der Waals surface area contributed by atoms with Crippen molar-refractivity contribution in [3.05, 3.63) is 117 Å². The first kappa shape index (κ1) is 23.9. The zero-order chi connectivity index (χ0) is 25.1. The van der Waals surface area contributed by atoms with Crippen LogP contribution in [0, 0.1) is 0 Å². The van der Waals surface area contributed by atoms with E-state index in [1.807, 2.05) is 67.6 Å². The van der Waals surface area contributed by atoms with Crippen LogP contribution in [0.3, 0.4) is 0 Å². The van der Waals surface area contributed by atoms with Crippen LogP contribution in [0.25, 0.3) is 0 Å². The second-order valence-electron chi connectivity index (χ2n) is 8.26. The second kappa shape index (κ2) is 10.4. The molecule has 5 rings (SSSR count). The van der Waals surface area contributed by atoms with Gasteiger partial charge < -0.3 is 14.8 Å². The van der Waals surface area contributed by atoms with E-state index in [0.717, 1.165) is 16.7 Å². The average molecular weight is 521 g/mol. The van der Waals surface area contributed by atoms with Gasteiger partial charge in [-0.25, -0.2) is 9.48 Å². The summed E-state index contributed by atoms with van der Waals surface area (Å²) >= 11 is 12.1. The van der Waals surface area contributed by atoms with Gasteiger partial charge in [0, 0.05) is 5.70 Å². The zero-order valence-corrected chi connectivity index (χ0v) is 20.8. The standard InChI is InChI=1S/C27H22Cl2N4O3/c1-17-24(26(34)36-14-18-5-3-2-4-6-18)25(33-27(32-17)30-16-31-33)20-8-10-21(11-9-20)35-15-19-7-12-22(28)23(29)13-19/h2-13,16,25H,14-15H2,1H3,(H,30,31,32). The quantitative estimate of drug-likeness (QED) is 0.292. The molecule has 2 heterocycles. The fourth-order valence-electron chi connectivity index (χ4n) is 4.01. The van der Waals surface area contributed by atoms with Crippen molar-refractivity contribution in [3.8, 4) is 5.75 Å². The van der Waals surface area contributed by atoms with Gasteiger partial charge in [0.15, 0.2) is 0 Å². The summed E-state index contributed by atoms with van der Waals surface area (Å²) in [5, 5.41) is 8.49. The molecular formula is C27H22Cl2N4O3. The van der Waals surface area contributed by atoms with E-state index in [4.69, 9.17) is 32.7 Å². The number of anilines is 1. The largest absolute Gasteiger partial charge is 0.489 e. The monoisotopic (exact) mass is 520 g/mol. The van der Waals surface area contributed by atoms with E-state index in [1.165, 1.54) is 6.33 Å². The van der Waals surface area contributed by atoms with Crippen LogP contribution in [0.1, 0.15) is 29.7 Å². The van der Waals surface area contributed by atoms with Crippen LogP contribution >= 0.6 is 23.2 Å². The minimum atomic E-state index is -0.504. The summed E-state index contributed by atoms with van der Waals surface area (Å²) in [6.07, 6.45) is 1.45. The number of aromatic nitrogens is 3. The highest BCUT2D eigenvalue weighted by molar-refractivity contribution is 6.42. The molecule has 7 nitrogen and oxygen atoms in total. The molecule has 0 aliphatic carbocycles. The van der Waals surface area contributed by atoms with Crippen LogP contribution in [0.15, 0.2) is 90.4 Å². The van der Waals surface area contributed by atoms with Crippen molar-refractivity contribution in [2.75, 3.05) is 5.32 Å². The lowest BCUT2D eigenvalue weighted by Gasteiger charge is -2.28. The van der Waals surface area contributed by atoms with Crippen LogP contribution in [0.4, 0.5) is 5.95 Å². The maximum Gasteiger partial charge on any atom is 0.338 e. The van der Waals surface area contributed by atoms with E-state index in [9.17, 15) is 4.79 Å². The van der Waals surface area contributed by atoms with E-state index < -0.39 is 12.0 Å². The van der Waals surface area contributed by atoms with Crippen LogP contribution in [-0.4, -0.2) is 20.7 Å². The number of halogens is 2. The normalized spacial score (nSPS) is 14.7. The smallest absolute Gasteiger partial charge is 0.338 e. The van der Waals surface area contributed by atoms with E-state index in [-0.39, 0.29) is 6.61 Å². The molecule has 1 aliphatic rings. The van der Waals surface area contributed by atoms with Gasteiger partial charge in [-0.2, -0.15) is 10.1 Å². The van der Waals surface area contributed by atoms with E-state index in [0.29, 0.717) is 39.6 Å². The van der Waals surface area contributed by atoms with Crippen molar-refractivity contribution in [3.63, 3.8) is 0 Å². The van der Waals surface area contributed by atoms with Gasteiger partial charge in [-0.15, -0.1) is 0 Å². The first-order valence-electron chi connectivity index (χ1n) is 11.2. The predicted molar refractivity (Wildman–Crippen MR) is 138 cm³/mol. The summed E-state index contributed by atoms with van der Waals surface area (Å²) in [4.78, 5) is 17.5. The van der Waals surface area contributed by atoms with Gasteiger partial charge in [0.05, 0.1) is 15.6 Å². The Balaban J connectivity index is 1.36. The third-order valence-electron chi connectivity index (χ3n) is 5.81. The van der Waals surface area contributed by atoms with E-state index in [2.05, 4.69) is 15.4 Å². The molecule has 1 aromatic heterocycles. The second-order valence-corrected chi connectivity index (χ2v) is 9.08. The fourth-order valence-corrected chi connectivity index (χ4v) is 4.33. The number of fused-ring (bicyclic) bond motifs is 1. The van der Waals surface area contributed by atoms with Crippen LogP contribution in [-0.2, 0) is 22.7 Å². The van der Waals surface area contributed by atoms with E-state index >= 15 is 0 Å². The average Bonchev–Trinajstić information content (AvgIpc) is 3.36. The summed E-state index contributed by atoms with van der Waals surface area (Å²) in [5.41, 5.74) is 3.79. The van der Waals surface area contributed by atoms with Crippen molar-refractivity contribution in [2.24, 2.45) is 0 Å². The number of benzene rings is 3. The van der Waals surface area contributed by atoms with Crippen LogP contribution in [0.2, 0.25) is 10.0 Å². The summed E-state index contributed by atoms with van der Waals surface area (Å²) in [5.74, 6) is 0.804. The highest BCUT2D eigenvalue weighted by Gasteiger charge is 2.34. The Bertz CT molecular complexity index is 1420. The molecule has 0 saturated heterocycles. The van der Waals surface area contributed by atoms with Crippen molar-refractivity contribution < 1.29 is 14.3 Å². The Labute approximate surface area is 218 Å². The maximum absolute atomic E-state index is 13.2. The van der Waals surface area contributed by atoms with Gasteiger partial charge >= 0.3 is 5.97 Å². The summed E-state index contributed by atoms with van der Waals surface area (Å²) < 4.78 is 13.3. The molecule has 3 aromatic carbocycles. The highest BCUT2D eigenvalue weighted by atomic mass is 35.5. The van der Waals surface area contributed by atoms with Crippen LogP contribution in [0.5, 0.6) is 5.75 Å². The number of nitrogens with one attached hydrogen (secondary N) is 1. The zero-order valence-electron chi connectivity index (χ0n) is 19.3. The van der Waals surface area contributed by atoms with Gasteiger partial charge in [-0.05, 0) is 47.9 Å². The predicted octanol–water partition coefficient (Wildman–Crippen LogP) is 6.20. The molecule has 1 unspecified atom stereocenters. The molecule has 0 amide bonds. The molecule has 1 aliphatic heterocycles. The number of hydrogen-bond acceptors (Lipinski definition) is 6. The van der Waals surface area contributed by atoms with Gasteiger partial charge in [-0.1, -0.05) is 71.7 Å². The molecular weight excluding hydrogens is 499 g/mol. The lowest BCUT2D eigenvalue weighted by Crippen LogP contribution is -2.29. The van der Waals surface area contributed by atoms with Crippen molar-refractivity contribution in [2.45, 2.75) is 26.2 Å². The van der Waals surface area contributed by atoms with Crippen molar-refractivity contribution >= 4 is 35.1 Å². The molecule has 0 fully saturated rings. The highest BCUT2D eigenvalue weighted by Crippen LogP contribution is 2.36. The molecule has 182 valence electrons.